The van der Waals surface area contributed by atoms with Gasteiger partial charge in [0.05, 0.1) is 0 Å². The molecule has 0 aliphatic carbocycles. The van der Waals surface area contributed by atoms with E-state index in [2.05, 4.69) is 26.1 Å². The van der Waals surface area contributed by atoms with Crippen LogP contribution in [-0.2, 0) is 0 Å². The first kappa shape index (κ1) is 10.4. The third-order valence-electron chi connectivity index (χ3n) is 2.30. The van der Waals surface area contributed by atoms with Gasteiger partial charge in [-0.15, -0.1) is 0 Å². The lowest BCUT2D eigenvalue weighted by Crippen LogP contribution is -2.47. The van der Waals surface area contributed by atoms with Crippen LogP contribution in [-0.4, -0.2) is 30.6 Å². The maximum absolute atomic E-state index is 11.3. The van der Waals surface area contributed by atoms with Gasteiger partial charge in [0.15, 0.2) is 0 Å². The first-order chi connectivity index (χ1) is 5.99. The van der Waals surface area contributed by atoms with E-state index in [4.69, 9.17) is 0 Å². The second-order valence-corrected chi connectivity index (χ2v) is 4.88. The first-order valence-corrected chi connectivity index (χ1v) is 5.02. The smallest absolute Gasteiger partial charge is 0.317 e. The van der Waals surface area contributed by atoms with E-state index in [9.17, 15) is 4.79 Å². The zero-order valence-corrected chi connectivity index (χ0v) is 8.89. The Hall–Kier alpha value is -0.730. The number of urea groups is 1. The summed E-state index contributed by atoms with van der Waals surface area (Å²) in [5, 5.41) is 2.86. The molecule has 0 aromatic rings. The molecule has 2 amide bonds. The van der Waals surface area contributed by atoms with Crippen LogP contribution < -0.4 is 5.32 Å². The van der Waals surface area contributed by atoms with E-state index in [1.54, 1.807) is 0 Å². The predicted molar refractivity (Wildman–Crippen MR) is 53.7 cm³/mol. The average molecular weight is 184 g/mol. The molecule has 0 spiro atoms. The molecule has 0 aromatic carbocycles. The van der Waals surface area contributed by atoms with Crippen molar-refractivity contribution in [2.24, 2.45) is 5.41 Å². The fourth-order valence-corrected chi connectivity index (χ4v) is 1.36. The summed E-state index contributed by atoms with van der Waals surface area (Å²) in [6.07, 6.45) is 2.15. The third kappa shape index (κ3) is 3.66. The lowest BCUT2D eigenvalue weighted by molar-refractivity contribution is 0.176. The summed E-state index contributed by atoms with van der Waals surface area (Å²) in [5.74, 6) is 0. The lowest BCUT2D eigenvalue weighted by Gasteiger charge is -2.30. The summed E-state index contributed by atoms with van der Waals surface area (Å²) < 4.78 is 0. The van der Waals surface area contributed by atoms with Crippen molar-refractivity contribution in [1.29, 1.82) is 0 Å². The van der Waals surface area contributed by atoms with Crippen LogP contribution in [0.25, 0.3) is 0 Å². The van der Waals surface area contributed by atoms with Crippen LogP contribution in [0.5, 0.6) is 0 Å². The largest absolute Gasteiger partial charge is 0.338 e. The van der Waals surface area contributed by atoms with E-state index >= 15 is 0 Å². The predicted octanol–water partition coefficient (Wildman–Crippen LogP) is 1.84. The molecule has 0 atom stereocenters. The Morgan fingerprint density at radius 3 is 2.69 bits per heavy atom. The molecule has 0 bridgehead atoms. The minimum Gasteiger partial charge on any atom is -0.338 e. The van der Waals surface area contributed by atoms with Crippen LogP contribution in [0.15, 0.2) is 0 Å². The molecule has 3 heteroatoms. The number of nitrogens with zero attached hydrogens (tertiary/aromatic N) is 1. The van der Waals surface area contributed by atoms with Gasteiger partial charge < -0.3 is 10.2 Å². The number of hydrogen-bond donors (Lipinski definition) is 1. The van der Waals surface area contributed by atoms with Crippen LogP contribution in [0.4, 0.5) is 4.79 Å². The van der Waals surface area contributed by atoms with Crippen molar-refractivity contribution in [2.75, 3.05) is 19.6 Å². The van der Waals surface area contributed by atoms with Gasteiger partial charge in [-0.25, -0.2) is 4.79 Å². The normalized spacial score (nSPS) is 18.7. The van der Waals surface area contributed by atoms with Crippen LogP contribution in [0.1, 0.15) is 33.6 Å². The van der Waals surface area contributed by atoms with E-state index in [0.29, 0.717) is 5.41 Å². The Labute approximate surface area is 80.5 Å². The van der Waals surface area contributed by atoms with Crippen LogP contribution >= 0.6 is 0 Å². The quantitative estimate of drug-likeness (QED) is 0.697. The van der Waals surface area contributed by atoms with E-state index in [1.165, 1.54) is 0 Å². The fourth-order valence-electron chi connectivity index (χ4n) is 1.36. The molecule has 0 unspecified atom stereocenters. The summed E-state index contributed by atoms with van der Waals surface area (Å²) >= 11 is 0. The van der Waals surface area contributed by atoms with Gasteiger partial charge in [-0.3, -0.25) is 0 Å². The van der Waals surface area contributed by atoms with Gasteiger partial charge in [0.25, 0.3) is 0 Å². The Morgan fingerprint density at radius 2 is 2.15 bits per heavy atom. The van der Waals surface area contributed by atoms with E-state index in [-0.39, 0.29) is 6.03 Å². The Bertz CT molecular complexity index is 184. The van der Waals surface area contributed by atoms with Crippen molar-refractivity contribution in [3.8, 4) is 0 Å². The molecule has 0 aromatic heterocycles. The topological polar surface area (TPSA) is 32.3 Å². The molecule has 13 heavy (non-hydrogen) atoms. The summed E-state index contributed by atoms with van der Waals surface area (Å²) in [4.78, 5) is 13.2. The number of hydrogen-bond acceptors (Lipinski definition) is 1. The second kappa shape index (κ2) is 3.99. The van der Waals surface area contributed by atoms with Crippen molar-refractivity contribution in [1.82, 2.24) is 10.2 Å². The summed E-state index contributed by atoms with van der Waals surface area (Å²) in [5.41, 5.74) is 0.317. The molecule has 3 nitrogen and oxygen atoms in total. The highest BCUT2D eigenvalue weighted by molar-refractivity contribution is 5.74. The first-order valence-electron chi connectivity index (χ1n) is 5.02. The lowest BCUT2D eigenvalue weighted by atomic mass is 9.92. The number of rotatable bonds is 2. The van der Waals surface area contributed by atoms with Crippen molar-refractivity contribution in [2.45, 2.75) is 33.6 Å². The fraction of sp³-hybridized carbons (Fsp3) is 0.900. The van der Waals surface area contributed by atoms with Gasteiger partial charge in [-0.2, -0.15) is 0 Å². The minimum absolute atomic E-state index is 0.107. The van der Waals surface area contributed by atoms with Crippen molar-refractivity contribution in [3.63, 3.8) is 0 Å². The van der Waals surface area contributed by atoms with Crippen LogP contribution in [0, 0.1) is 5.41 Å². The zero-order chi connectivity index (χ0) is 9.90. The van der Waals surface area contributed by atoms with Crippen LogP contribution in [0.3, 0.4) is 0 Å². The summed E-state index contributed by atoms with van der Waals surface area (Å²) in [6.45, 7) is 9.25. The molecule has 76 valence electrons. The van der Waals surface area contributed by atoms with E-state index in [1.807, 2.05) is 4.90 Å². The Balaban J connectivity index is 2.31. The van der Waals surface area contributed by atoms with E-state index < -0.39 is 0 Å². The van der Waals surface area contributed by atoms with Gasteiger partial charge in [0, 0.05) is 19.6 Å². The highest BCUT2D eigenvalue weighted by atomic mass is 16.2. The molecule has 1 heterocycles. The molecule has 0 radical (unpaired) electrons. The van der Waals surface area contributed by atoms with Gasteiger partial charge in [0.2, 0.25) is 0 Å². The zero-order valence-electron chi connectivity index (χ0n) is 8.89. The summed E-state index contributed by atoms with van der Waals surface area (Å²) in [6, 6.07) is 0.107. The Morgan fingerprint density at radius 1 is 1.46 bits per heavy atom. The molecule has 1 aliphatic heterocycles. The molecular weight excluding hydrogens is 164 g/mol. The standard InChI is InChI=1S/C10H20N2O/c1-10(2,3)5-8-12-7-4-6-11-9(12)13/h4-8H2,1-3H3,(H,11,13). The molecule has 1 saturated heterocycles. The average Bonchev–Trinajstić information content (AvgIpc) is 2.01. The third-order valence-corrected chi connectivity index (χ3v) is 2.30. The number of carbonyl (C=O) groups excluding carboxylic acids is 1. The number of carbonyl (C=O) groups is 1. The monoisotopic (exact) mass is 184 g/mol. The number of amides is 2. The van der Waals surface area contributed by atoms with Crippen LogP contribution in [0.2, 0.25) is 0 Å². The maximum atomic E-state index is 11.3. The van der Waals surface area contributed by atoms with Gasteiger partial charge in [-0.05, 0) is 18.3 Å². The van der Waals surface area contributed by atoms with Gasteiger partial charge in [-0.1, -0.05) is 20.8 Å². The van der Waals surface area contributed by atoms with Gasteiger partial charge in [0.1, 0.15) is 0 Å². The highest BCUT2D eigenvalue weighted by Gasteiger charge is 2.19. The molecule has 1 N–H and O–H groups in total. The summed E-state index contributed by atoms with van der Waals surface area (Å²) in [7, 11) is 0. The molecule has 1 rings (SSSR count). The van der Waals surface area contributed by atoms with Gasteiger partial charge >= 0.3 is 6.03 Å². The van der Waals surface area contributed by atoms with Crippen molar-refractivity contribution >= 4 is 6.03 Å². The van der Waals surface area contributed by atoms with E-state index in [0.717, 1.165) is 32.5 Å². The van der Waals surface area contributed by atoms with Crippen molar-refractivity contribution in [3.05, 3.63) is 0 Å². The molecule has 1 fully saturated rings. The highest BCUT2D eigenvalue weighted by Crippen LogP contribution is 2.19. The second-order valence-electron chi connectivity index (χ2n) is 4.88. The molecule has 0 saturated carbocycles. The SMILES string of the molecule is CC(C)(C)CCN1CCCNC1=O. The number of nitrogens with one attached hydrogen (secondary N) is 1. The molecular formula is C10H20N2O. The van der Waals surface area contributed by atoms with Crippen molar-refractivity contribution < 1.29 is 4.79 Å². The maximum Gasteiger partial charge on any atom is 0.317 e. The minimum atomic E-state index is 0.107. The Kier molecular flexibility index (Phi) is 3.17. The molecule has 1 aliphatic rings.